The van der Waals surface area contributed by atoms with Crippen LogP contribution in [0, 0.1) is 12.8 Å². The van der Waals surface area contributed by atoms with Crippen molar-refractivity contribution in [3.05, 3.63) is 29.3 Å². The number of carbonyl (C=O) groups is 2. The number of amides is 2. The van der Waals surface area contributed by atoms with Gasteiger partial charge in [-0.05, 0) is 37.6 Å². The molecule has 1 atom stereocenters. The van der Waals surface area contributed by atoms with E-state index in [0.29, 0.717) is 11.3 Å². The third-order valence-corrected chi connectivity index (χ3v) is 3.57. The van der Waals surface area contributed by atoms with Gasteiger partial charge in [-0.3, -0.25) is 9.59 Å². The van der Waals surface area contributed by atoms with Crippen molar-refractivity contribution in [2.45, 2.75) is 13.3 Å². The lowest BCUT2D eigenvalue weighted by Gasteiger charge is -2.15. The fourth-order valence-corrected chi connectivity index (χ4v) is 2.29. The Morgan fingerprint density at radius 1 is 1.35 bits per heavy atom. The maximum atomic E-state index is 12.1. The number of nitrogens with zero attached hydrogens (tertiary/aromatic N) is 1. The van der Waals surface area contributed by atoms with E-state index in [1.807, 2.05) is 19.1 Å². The zero-order valence-electron chi connectivity index (χ0n) is 12.2. The first-order valence-corrected chi connectivity index (χ1v) is 6.83. The summed E-state index contributed by atoms with van der Waals surface area (Å²) >= 11 is 0. The van der Waals surface area contributed by atoms with Gasteiger partial charge in [0.15, 0.2) is 0 Å². The average molecular weight is 275 g/mol. The Morgan fingerprint density at radius 2 is 2.10 bits per heavy atom. The Kier molecular flexibility index (Phi) is 4.39. The topological polar surface area (TPSA) is 61.4 Å². The van der Waals surface area contributed by atoms with Crippen molar-refractivity contribution < 1.29 is 9.59 Å². The van der Waals surface area contributed by atoms with Crippen molar-refractivity contribution >= 4 is 17.5 Å². The predicted molar refractivity (Wildman–Crippen MR) is 78.8 cm³/mol. The number of anilines is 1. The van der Waals surface area contributed by atoms with Crippen LogP contribution < -0.4 is 10.6 Å². The largest absolute Gasteiger partial charge is 0.345 e. The van der Waals surface area contributed by atoms with E-state index < -0.39 is 0 Å². The first kappa shape index (κ1) is 14.5. The molecule has 108 valence electrons. The quantitative estimate of drug-likeness (QED) is 0.872. The van der Waals surface area contributed by atoms with Gasteiger partial charge in [-0.2, -0.15) is 0 Å². The van der Waals surface area contributed by atoms with Gasteiger partial charge in [0.2, 0.25) is 5.91 Å². The number of rotatable bonds is 3. The molecule has 0 aromatic heterocycles. The summed E-state index contributed by atoms with van der Waals surface area (Å²) in [5.41, 5.74) is 2.21. The van der Waals surface area contributed by atoms with E-state index in [9.17, 15) is 9.59 Å². The Bertz CT molecular complexity index is 520. The van der Waals surface area contributed by atoms with Crippen molar-refractivity contribution in [3.63, 3.8) is 0 Å². The van der Waals surface area contributed by atoms with Crippen molar-refractivity contribution in [1.29, 1.82) is 0 Å². The molecule has 1 saturated heterocycles. The summed E-state index contributed by atoms with van der Waals surface area (Å²) < 4.78 is 0. The average Bonchev–Trinajstić information content (AvgIpc) is 2.94. The highest BCUT2D eigenvalue weighted by atomic mass is 16.2. The molecule has 5 heteroatoms. The van der Waals surface area contributed by atoms with Crippen LogP contribution in [0.4, 0.5) is 5.69 Å². The molecule has 0 bridgehead atoms. The third-order valence-electron chi connectivity index (χ3n) is 3.57. The number of carbonyl (C=O) groups excluding carboxylic acids is 2. The van der Waals surface area contributed by atoms with E-state index >= 15 is 0 Å². The second-order valence-corrected chi connectivity index (χ2v) is 5.41. The smallest absolute Gasteiger partial charge is 0.253 e. The SMILES string of the molecule is Cc1ccc(NC(=O)C2CCNC2)cc1C(=O)N(C)C. The lowest BCUT2D eigenvalue weighted by Crippen LogP contribution is -2.25. The van der Waals surface area contributed by atoms with Gasteiger partial charge in [0.25, 0.3) is 5.91 Å². The predicted octanol–water partition coefficient (Wildman–Crippen LogP) is 1.24. The minimum absolute atomic E-state index is 0.0158. The molecule has 2 amide bonds. The molecule has 0 spiro atoms. The zero-order valence-corrected chi connectivity index (χ0v) is 12.2. The first-order valence-electron chi connectivity index (χ1n) is 6.83. The van der Waals surface area contributed by atoms with E-state index in [1.54, 1.807) is 20.2 Å². The summed E-state index contributed by atoms with van der Waals surface area (Å²) in [7, 11) is 3.44. The number of aryl methyl sites for hydroxylation is 1. The lowest BCUT2D eigenvalue weighted by molar-refractivity contribution is -0.119. The van der Waals surface area contributed by atoms with E-state index in [4.69, 9.17) is 0 Å². The molecule has 1 aliphatic rings. The van der Waals surface area contributed by atoms with Crippen molar-refractivity contribution in [2.24, 2.45) is 5.92 Å². The van der Waals surface area contributed by atoms with Crippen molar-refractivity contribution in [2.75, 3.05) is 32.5 Å². The Labute approximate surface area is 119 Å². The highest BCUT2D eigenvalue weighted by Crippen LogP contribution is 2.18. The summed E-state index contributed by atoms with van der Waals surface area (Å²) in [5.74, 6) is -0.0208. The Morgan fingerprint density at radius 3 is 2.70 bits per heavy atom. The van der Waals surface area contributed by atoms with Gasteiger partial charge in [-0.25, -0.2) is 0 Å². The Hall–Kier alpha value is -1.88. The number of benzene rings is 1. The second-order valence-electron chi connectivity index (χ2n) is 5.41. The van der Waals surface area contributed by atoms with Gasteiger partial charge < -0.3 is 15.5 Å². The van der Waals surface area contributed by atoms with Gasteiger partial charge in [0.1, 0.15) is 0 Å². The van der Waals surface area contributed by atoms with Crippen LogP contribution >= 0.6 is 0 Å². The highest BCUT2D eigenvalue weighted by Gasteiger charge is 2.22. The molecule has 1 unspecified atom stereocenters. The fourth-order valence-electron chi connectivity index (χ4n) is 2.29. The van der Waals surface area contributed by atoms with Crippen LogP contribution in [0.3, 0.4) is 0 Å². The zero-order chi connectivity index (χ0) is 14.7. The normalized spacial score (nSPS) is 17.9. The molecule has 20 heavy (non-hydrogen) atoms. The van der Waals surface area contributed by atoms with Gasteiger partial charge >= 0.3 is 0 Å². The van der Waals surface area contributed by atoms with Crippen LogP contribution in [0.5, 0.6) is 0 Å². The third kappa shape index (κ3) is 3.17. The van der Waals surface area contributed by atoms with Crippen molar-refractivity contribution in [1.82, 2.24) is 10.2 Å². The fraction of sp³-hybridized carbons (Fsp3) is 0.467. The molecule has 5 nitrogen and oxygen atoms in total. The molecule has 2 N–H and O–H groups in total. The number of nitrogens with one attached hydrogen (secondary N) is 2. The lowest BCUT2D eigenvalue weighted by atomic mass is 10.1. The van der Waals surface area contributed by atoms with Gasteiger partial charge in [-0.1, -0.05) is 6.07 Å². The molecule has 1 heterocycles. The molecular weight excluding hydrogens is 254 g/mol. The highest BCUT2D eigenvalue weighted by molar-refractivity contribution is 5.98. The summed E-state index contributed by atoms with van der Waals surface area (Å²) in [6.07, 6.45) is 0.862. The van der Waals surface area contributed by atoms with Gasteiger partial charge in [0.05, 0.1) is 5.92 Å². The van der Waals surface area contributed by atoms with E-state index in [-0.39, 0.29) is 17.7 Å². The van der Waals surface area contributed by atoms with Crippen LogP contribution in [-0.2, 0) is 4.79 Å². The van der Waals surface area contributed by atoms with Crippen molar-refractivity contribution in [3.8, 4) is 0 Å². The molecule has 2 rings (SSSR count). The minimum atomic E-state index is -0.0545. The maximum Gasteiger partial charge on any atom is 0.253 e. The molecule has 0 aliphatic carbocycles. The maximum absolute atomic E-state index is 12.1. The molecule has 0 saturated carbocycles. The van der Waals surface area contributed by atoms with Gasteiger partial charge in [0, 0.05) is 31.9 Å². The Balaban J connectivity index is 2.14. The van der Waals surface area contributed by atoms with Crippen LogP contribution in [0.15, 0.2) is 18.2 Å². The molecule has 1 aliphatic heterocycles. The monoisotopic (exact) mass is 275 g/mol. The summed E-state index contributed by atoms with van der Waals surface area (Å²) in [6, 6.07) is 5.44. The molecule has 1 aromatic carbocycles. The van der Waals surface area contributed by atoms with Crippen LogP contribution in [-0.4, -0.2) is 43.9 Å². The minimum Gasteiger partial charge on any atom is -0.345 e. The number of hydrogen-bond acceptors (Lipinski definition) is 3. The van der Waals surface area contributed by atoms with E-state index in [1.165, 1.54) is 4.90 Å². The van der Waals surface area contributed by atoms with Crippen LogP contribution in [0.25, 0.3) is 0 Å². The molecular formula is C15H21N3O2. The molecule has 1 aromatic rings. The number of hydrogen-bond donors (Lipinski definition) is 2. The molecule has 1 fully saturated rings. The summed E-state index contributed by atoms with van der Waals surface area (Å²) in [6.45, 7) is 3.50. The standard InChI is InChI=1S/C15H21N3O2/c1-10-4-5-12(8-13(10)15(20)18(2)3)17-14(19)11-6-7-16-9-11/h4-5,8,11,16H,6-7,9H2,1-3H3,(H,17,19). The van der Waals surface area contributed by atoms with Crippen LogP contribution in [0.2, 0.25) is 0 Å². The van der Waals surface area contributed by atoms with Gasteiger partial charge in [-0.15, -0.1) is 0 Å². The van der Waals surface area contributed by atoms with Crippen LogP contribution in [0.1, 0.15) is 22.3 Å². The second kappa shape index (κ2) is 6.05. The summed E-state index contributed by atoms with van der Waals surface area (Å²) in [4.78, 5) is 25.7. The van der Waals surface area contributed by atoms with E-state index in [2.05, 4.69) is 10.6 Å². The first-order chi connectivity index (χ1) is 9.49. The van der Waals surface area contributed by atoms with E-state index in [0.717, 1.165) is 25.1 Å². The summed E-state index contributed by atoms with van der Waals surface area (Å²) in [5, 5.41) is 6.07. The molecule has 0 radical (unpaired) electrons.